The number of thiocarbonyl (C=S) groups is 1. The van der Waals surface area contributed by atoms with Crippen molar-refractivity contribution < 1.29 is 9.53 Å². The van der Waals surface area contributed by atoms with Crippen molar-refractivity contribution in [3.63, 3.8) is 0 Å². The molecule has 1 rings (SSSR count). The van der Waals surface area contributed by atoms with Gasteiger partial charge in [-0.15, -0.1) is 0 Å². The van der Waals surface area contributed by atoms with Gasteiger partial charge >= 0.3 is 6.09 Å². The Labute approximate surface area is 149 Å². The van der Waals surface area contributed by atoms with Crippen LogP contribution in [-0.4, -0.2) is 27.8 Å². The van der Waals surface area contributed by atoms with E-state index in [-0.39, 0.29) is 11.7 Å². The largest absolute Gasteiger partial charge is 0.450 e. The average molecular weight is 385 g/mol. The summed E-state index contributed by atoms with van der Waals surface area (Å²) in [6, 6.07) is 7.56. The van der Waals surface area contributed by atoms with Crippen molar-refractivity contribution in [1.29, 1.82) is 0 Å². The molecule has 5 nitrogen and oxygen atoms in total. The van der Waals surface area contributed by atoms with E-state index in [4.69, 9.17) is 51.8 Å². The van der Waals surface area contributed by atoms with E-state index in [0.29, 0.717) is 0 Å². The summed E-state index contributed by atoms with van der Waals surface area (Å²) >= 11 is 22.6. The van der Waals surface area contributed by atoms with Crippen LogP contribution in [0.2, 0.25) is 0 Å². The van der Waals surface area contributed by atoms with Gasteiger partial charge in [0, 0.05) is 5.69 Å². The first kappa shape index (κ1) is 19.1. The second-order valence-electron chi connectivity index (χ2n) is 4.30. The summed E-state index contributed by atoms with van der Waals surface area (Å²) in [5.74, 6) is 0. The lowest BCUT2D eigenvalue weighted by atomic mass is 10.2. The molecule has 1 aromatic rings. The first-order valence-corrected chi connectivity index (χ1v) is 7.90. The lowest BCUT2D eigenvalue weighted by Gasteiger charge is -2.27. The third-order valence-electron chi connectivity index (χ3n) is 2.45. The molecule has 0 saturated carbocycles. The van der Waals surface area contributed by atoms with Crippen LogP contribution in [0.25, 0.3) is 0 Å². The maximum atomic E-state index is 11.5. The molecular weight excluding hydrogens is 369 g/mol. The molecule has 22 heavy (non-hydrogen) atoms. The molecule has 0 fully saturated rings. The summed E-state index contributed by atoms with van der Waals surface area (Å²) < 4.78 is 2.94. The summed E-state index contributed by atoms with van der Waals surface area (Å²) in [6.07, 6.45) is -1.77. The van der Waals surface area contributed by atoms with Crippen molar-refractivity contribution in [1.82, 2.24) is 10.6 Å². The lowest BCUT2D eigenvalue weighted by Crippen LogP contribution is -2.56. The van der Waals surface area contributed by atoms with E-state index in [1.807, 2.05) is 31.2 Å². The van der Waals surface area contributed by atoms with Crippen LogP contribution < -0.4 is 16.0 Å². The third-order valence-corrected chi connectivity index (χ3v) is 3.32. The quantitative estimate of drug-likeness (QED) is 0.419. The second kappa shape index (κ2) is 8.62. The molecular formula is C13H16Cl3N3O2S. The smallest absolute Gasteiger partial charge is 0.408 e. The van der Waals surface area contributed by atoms with Crippen LogP contribution in [0.4, 0.5) is 10.5 Å². The van der Waals surface area contributed by atoms with Crippen molar-refractivity contribution in [2.45, 2.75) is 23.8 Å². The van der Waals surface area contributed by atoms with E-state index in [1.54, 1.807) is 6.92 Å². The number of alkyl carbamates (subject to hydrolysis) is 1. The first-order valence-electron chi connectivity index (χ1n) is 6.36. The number of alkyl halides is 3. The molecule has 1 atom stereocenters. The second-order valence-corrected chi connectivity index (χ2v) is 7.08. The number of aryl methyl sites for hydroxylation is 1. The first-order chi connectivity index (χ1) is 10.2. The molecule has 0 aliphatic rings. The van der Waals surface area contributed by atoms with E-state index in [2.05, 4.69) is 16.0 Å². The van der Waals surface area contributed by atoms with Gasteiger partial charge in [-0.05, 0) is 38.2 Å². The Morgan fingerprint density at radius 2 is 1.86 bits per heavy atom. The van der Waals surface area contributed by atoms with Crippen LogP contribution in [0.5, 0.6) is 0 Å². The lowest BCUT2D eigenvalue weighted by molar-refractivity contribution is 0.147. The van der Waals surface area contributed by atoms with E-state index in [0.717, 1.165) is 11.3 Å². The number of hydrogen-bond donors (Lipinski definition) is 3. The highest BCUT2D eigenvalue weighted by Gasteiger charge is 2.35. The minimum atomic E-state index is -1.81. The number of benzene rings is 1. The van der Waals surface area contributed by atoms with Crippen LogP contribution in [0.1, 0.15) is 12.5 Å². The molecule has 0 aliphatic carbocycles. The minimum absolute atomic E-state index is 0.192. The van der Waals surface area contributed by atoms with Gasteiger partial charge in [-0.25, -0.2) is 4.79 Å². The third kappa shape index (κ3) is 6.87. The van der Waals surface area contributed by atoms with Crippen LogP contribution in [0.3, 0.4) is 0 Å². The van der Waals surface area contributed by atoms with Gasteiger partial charge < -0.3 is 15.4 Å². The highest BCUT2D eigenvalue weighted by Crippen LogP contribution is 2.29. The van der Waals surface area contributed by atoms with E-state index >= 15 is 0 Å². The monoisotopic (exact) mass is 383 g/mol. The number of halogens is 3. The number of ether oxygens (including phenoxy) is 1. The number of hydrogen-bond acceptors (Lipinski definition) is 3. The number of anilines is 1. The zero-order valence-electron chi connectivity index (χ0n) is 12.0. The number of carbonyl (C=O) groups is 1. The van der Waals surface area contributed by atoms with Crippen molar-refractivity contribution in [2.24, 2.45) is 0 Å². The van der Waals surface area contributed by atoms with Crippen LogP contribution in [-0.2, 0) is 4.74 Å². The standard InChI is InChI=1S/C13H16Cl3N3O2S/c1-3-21-12(20)19-10(13(14,15)16)18-11(22)17-9-6-4-8(2)5-7-9/h4-7,10H,3H2,1-2H3,(H,19,20)(H2,17,18,22). The maximum Gasteiger partial charge on any atom is 0.408 e. The Hall–Kier alpha value is -0.950. The molecule has 3 N–H and O–H groups in total. The van der Waals surface area contributed by atoms with Crippen LogP contribution in [0.15, 0.2) is 24.3 Å². The van der Waals surface area contributed by atoms with Crippen molar-refractivity contribution in [2.75, 3.05) is 11.9 Å². The highest BCUT2D eigenvalue weighted by molar-refractivity contribution is 7.80. The predicted molar refractivity (Wildman–Crippen MR) is 94.8 cm³/mol. The number of nitrogens with one attached hydrogen (secondary N) is 3. The van der Waals surface area contributed by atoms with Crippen molar-refractivity contribution >= 4 is 63.9 Å². The molecule has 0 saturated heterocycles. The molecule has 0 radical (unpaired) electrons. The van der Waals surface area contributed by atoms with Crippen molar-refractivity contribution in [3.8, 4) is 0 Å². The number of rotatable bonds is 4. The topological polar surface area (TPSA) is 62.4 Å². The highest BCUT2D eigenvalue weighted by atomic mass is 35.6. The van der Waals surface area contributed by atoms with Gasteiger partial charge in [0.25, 0.3) is 0 Å². The Bertz CT molecular complexity index is 520. The van der Waals surface area contributed by atoms with Crippen molar-refractivity contribution in [3.05, 3.63) is 29.8 Å². The number of carbonyl (C=O) groups excluding carboxylic acids is 1. The molecule has 0 bridgehead atoms. The SMILES string of the molecule is CCOC(=O)NC(NC(=S)Nc1ccc(C)cc1)C(Cl)(Cl)Cl. The zero-order valence-corrected chi connectivity index (χ0v) is 15.0. The van der Waals surface area contributed by atoms with Gasteiger partial charge in [-0.3, -0.25) is 5.32 Å². The molecule has 1 aromatic carbocycles. The number of amides is 1. The van der Waals surface area contributed by atoms with Gasteiger partial charge in [-0.1, -0.05) is 52.5 Å². The Morgan fingerprint density at radius 3 is 2.36 bits per heavy atom. The Kier molecular flexibility index (Phi) is 7.48. The summed E-state index contributed by atoms with van der Waals surface area (Å²) in [7, 11) is 0. The van der Waals surface area contributed by atoms with E-state index < -0.39 is 16.1 Å². The fraction of sp³-hybridized carbons (Fsp3) is 0.385. The van der Waals surface area contributed by atoms with Gasteiger partial charge in [0.15, 0.2) is 11.3 Å². The summed E-state index contributed by atoms with van der Waals surface area (Å²) in [6.45, 7) is 3.84. The van der Waals surface area contributed by atoms with Gasteiger partial charge in [0.2, 0.25) is 3.79 Å². The summed E-state index contributed by atoms with van der Waals surface area (Å²) in [4.78, 5) is 11.5. The predicted octanol–water partition coefficient (Wildman–Crippen LogP) is 3.72. The van der Waals surface area contributed by atoms with Crippen LogP contribution >= 0.6 is 47.0 Å². The summed E-state index contributed by atoms with van der Waals surface area (Å²) in [5.41, 5.74) is 1.88. The van der Waals surface area contributed by atoms with Crippen LogP contribution in [0, 0.1) is 6.92 Å². The molecule has 0 spiro atoms. The van der Waals surface area contributed by atoms with Gasteiger partial charge in [-0.2, -0.15) is 0 Å². The molecule has 0 heterocycles. The van der Waals surface area contributed by atoms with E-state index in [1.165, 1.54) is 0 Å². The van der Waals surface area contributed by atoms with Gasteiger partial charge in [0.1, 0.15) is 0 Å². The molecule has 0 aromatic heterocycles. The maximum absolute atomic E-state index is 11.5. The normalized spacial score (nSPS) is 12.2. The van der Waals surface area contributed by atoms with E-state index in [9.17, 15) is 4.79 Å². The Balaban J connectivity index is 2.66. The average Bonchev–Trinajstić information content (AvgIpc) is 2.40. The molecule has 9 heteroatoms. The molecule has 122 valence electrons. The summed E-state index contributed by atoms with van der Waals surface area (Å²) in [5, 5.41) is 8.23. The molecule has 1 amide bonds. The fourth-order valence-corrected chi connectivity index (χ4v) is 1.99. The molecule has 0 aliphatic heterocycles. The molecule has 1 unspecified atom stereocenters. The Morgan fingerprint density at radius 1 is 1.27 bits per heavy atom. The zero-order chi connectivity index (χ0) is 16.8. The minimum Gasteiger partial charge on any atom is -0.450 e. The fourth-order valence-electron chi connectivity index (χ4n) is 1.43. The van der Waals surface area contributed by atoms with Gasteiger partial charge in [0.05, 0.1) is 6.61 Å².